The van der Waals surface area contributed by atoms with Gasteiger partial charge in [-0.15, -0.1) is 0 Å². The average Bonchev–Trinajstić information content (AvgIpc) is 2.97. The second-order valence-corrected chi connectivity index (χ2v) is 7.29. The maximum Gasteiger partial charge on any atom is 0.329 e. The van der Waals surface area contributed by atoms with Crippen LogP contribution < -0.4 is 10.6 Å². The van der Waals surface area contributed by atoms with Gasteiger partial charge in [0.15, 0.2) is 0 Å². The lowest BCUT2D eigenvalue weighted by molar-refractivity contribution is -0.146. The summed E-state index contributed by atoms with van der Waals surface area (Å²) in [6, 6.07) is -0.343. The van der Waals surface area contributed by atoms with Crippen molar-refractivity contribution in [2.75, 3.05) is 6.54 Å². The molecule has 0 aromatic heterocycles. The zero-order valence-corrected chi connectivity index (χ0v) is 12.7. The van der Waals surface area contributed by atoms with Crippen LogP contribution in [0.2, 0.25) is 0 Å². The monoisotopic (exact) mass is 282 g/mol. The van der Waals surface area contributed by atoms with Crippen molar-refractivity contribution in [1.29, 1.82) is 0 Å². The zero-order chi connectivity index (χ0) is 15.0. The van der Waals surface area contributed by atoms with Gasteiger partial charge in [-0.25, -0.2) is 9.59 Å². The maximum atomic E-state index is 12.0. The van der Waals surface area contributed by atoms with Crippen molar-refractivity contribution in [2.45, 2.75) is 58.4 Å². The largest absolute Gasteiger partial charge is 0.480 e. The van der Waals surface area contributed by atoms with Crippen LogP contribution in [0, 0.1) is 17.3 Å². The molecule has 2 fully saturated rings. The molecule has 0 aromatic rings. The molecule has 0 bridgehead atoms. The van der Waals surface area contributed by atoms with Gasteiger partial charge < -0.3 is 15.7 Å². The Morgan fingerprint density at radius 3 is 2.25 bits per heavy atom. The Morgan fingerprint density at radius 1 is 1.25 bits per heavy atom. The molecule has 2 aliphatic rings. The molecule has 2 amide bonds. The van der Waals surface area contributed by atoms with Gasteiger partial charge in [0.05, 0.1) is 0 Å². The molecule has 0 aliphatic heterocycles. The summed E-state index contributed by atoms with van der Waals surface area (Å²) in [5.74, 6) is 0.145. The number of nitrogens with one attached hydrogen (secondary N) is 2. The van der Waals surface area contributed by atoms with E-state index in [-0.39, 0.29) is 6.03 Å². The molecule has 0 heterocycles. The van der Waals surface area contributed by atoms with Gasteiger partial charge in [0.1, 0.15) is 5.54 Å². The first-order chi connectivity index (χ1) is 9.25. The third-order valence-electron chi connectivity index (χ3n) is 5.12. The van der Waals surface area contributed by atoms with Crippen molar-refractivity contribution in [3.05, 3.63) is 0 Å². The summed E-state index contributed by atoms with van der Waals surface area (Å²) in [6.07, 6.45) is 3.86. The number of carboxylic acid groups (broad SMARTS) is 1. The third-order valence-corrected chi connectivity index (χ3v) is 5.12. The number of carbonyl (C=O) groups excluding carboxylic acids is 1. The van der Waals surface area contributed by atoms with E-state index in [1.165, 1.54) is 0 Å². The third kappa shape index (κ3) is 3.25. The Bertz CT molecular complexity index is 398. The summed E-state index contributed by atoms with van der Waals surface area (Å²) in [5.41, 5.74) is -0.756. The second-order valence-electron chi connectivity index (χ2n) is 7.29. The SMILES string of the molecule is CC1CCC(NC(=O)NCC2CC2(C)C)(C(=O)O)CC1. The maximum absolute atomic E-state index is 12.0. The van der Waals surface area contributed by atoms with Gasteiger partial charge in [-0.05, 0) is 49.4 Å². The molecular weight excluding hydrogens is 256 g/mol. The summed E-state index contributed by atoms with van der Waals surface area (Å²) in [7, 11) is 0. The molecule has 2 saturated carbocycles. The summed E-state index contributed by atoms with van der Waals surface area (Å²) >= 11 is 0. The first-order valence-corrected chi connectivity index (χ1v) is 7.55. The highest BCUT2D eigenvalue weighted by Crippen LogP contribution is 2.50. The standard InChI is InChI=1S/C15H26N2O3/c1-10-4-6-15(7-5-10,12(18)19)17-13(20)16-9-11-8-14(11,2)3/h10-11H,4-9H2,1-3H3,(H,18,19)(H2,16,17,20). The van der Waals surface area contributed by atoms with E-state index in [4.69, 9.17) is 0 Å². The zero-order valence-electron chi connectivity index (χ0n) is 12.7. The van der Waals surface area contributed by atoms with Crippen molar-refractivity contribution in [1.82, 2.24) is 10.6 Å². The molecule has 2 rings (SSSR count). The van der Waals surface area contributed by atoms with Crippen molar-refractivity contribution in [3.63, 3.8) is 0 Å². The number of carboxylic acids is 1. The quantitative estimate of drug-likeness (QED) is 0.740. The van der Waals surface area contributed by atoms with E-state index >= 15 is 0 Å². The summed E-state index contributed by atoms with van der Waals surface area (Å²) in [4.78, 5) is 23.5. The first-order valence-electron chi connectivity index (χ1n) is 7.55. The van der Waals surface area contributed by atoms with Crippen LogP contribution in [0.4, 0.5) is 4.79 Å². The lowest BCUT2D eigenvalue weighted by Crippen LogP contribution is -2.58. The summed E-state index contributed by atoms with van der Waals surface area (Å²) in [5, 5.41) is 15.0. The number of hydrogen-bond acceptors (Lipinski definition) is 2. The van der Waals surface area contributed by atoms with Crippen LogP contribution in [0.5, 0.6) is 0 Å². The van der Waals surface area contributed by atoms with Crippen LogP contribution in [0.15, 0.2) is 0 Å². The highest BCUT2D eigenvalue weighted by molar-refractivity contribution is 5.86. The molecule has 3 N–H and O–H groups in total. The molecule has 0 radical (unpaired) electrons. The first kappa shape index (κ1) is 15.1. The van der Waals surface area contributed by atoms with Gasteiger partial charge in [-0.2, -0.15) is 0 Å². The minimum Gasteiger partial charge on any atom is -0.480 e. The number of rotatable bonds is 4. The van der Waals surface area contributed by atoms with Crippen molar-refractivity contribution in [2.24, 2.45) is 17.3 Å². The van der Waals surface area contributed by atoms with E-state index in [9.17, 15) is 14.7 Å². The predicted octanol–water partition coefficient (Wildman–Crippen LogP) is 2.37. The van der Waals surface area contributed by atoms with E-state index in [1.54, 1.807) is 0 Å². The molecule has 0 spiro atoms. The Hall–Kier alpha value is -1.26. The Labute approximate surface area is 120 Å². The van der Waals surface area contributed by atoms with Crippen molar-refractivity contribution in [3.8, 4) is 0 Å². The summed E-state index contributed by atoms with van der Waals surface area (Å²) < 4.78 is 0. The van der Waals surface area contributed by atoms with E-state index in [0.29, 0.717) is 36.6 Å². The Kier molecular flexibility index (Phi) is 3.98. The van der Waals surface area contributed by atoms with Gasteiger partial charge in [0.2, 0.25) is 0 Å². The minimum absolute atomic E-state index is 0.317. The fraction of sp³-hybridized carbons (Fsp3) is 0.867. The topological polar surface area (TPSA) is 78.4 Å². The number of carbonyl (C=O) groups is 2. The van der Waals surface area contributed by atoms with E-state index in [0.717, 1.165) is 19.3 Å². The van der Waals surface area contributed by atoms with Crippen molar-refractivity contribution >= 4 is 12.0 Å². The summed E-state index contributed by atoms with van der Waals surface area (Å²) in [6.45, 7) is 7.11. The van der Waals surface area contributed by atoms with Crippen LogP contribution in [0.3, 0.4) is 0 Å². The van der Waals surface area contributed by atoms with Gasteiger partial charge >= 0.3 is 12.0 Å². The van der Waals surface area contributed by atoms with Crippen LogP contribution in [-0.4, -0.2) is 29.2 Å². The lowest BCUT2D eigenvalue weighted by atomic mass is 9.77. The number of urea groups is 1. The number of hydrogen-bond donors (Lipinski definition) is 3. The van der Waals surface area contributed by atoms with Crippen LogP contribution >= 0.6 is 0 Å². The fourth-order valence-corrected chi connectivity index (χ4v) is 3.05. The van der Waals surface area contributed by atoms with Gasteiger partial charge in [-0.3, -0.25) is 0 Å². The van der Waals surface area contributed by atoms with E-state index in [2.05, 4.69) is 31.4 Å². The smallest absolute Gasteiger partial charge is 0.329 e. The molecule has 0 saturated heterocycles. The molecule has 5 nitrogen and oxygen atoms in total. The van der Waals surface area contributed by atoms with Gasteiger partial charge in [0.25, 0.3) is 0 Å². The Balaban J connectivity index is 1.85. The predicted molar refractivity (Wildman–Crippen MR) is 76.4 cm³/mol. The lowest BCUT2D eigenvalue weighted by Gasteiger charge is -2.36. The molecule has 20 heavy (non-hydrogen) atoms. The minimum atomic E-state index is -1.07. The average molecular weight is 282 g/mol. The van der Waals surface area contributed by atoms with Crippen molar-refractivity contribution < 1.29 is 14.7 Å². The molecular formula is C15H26N2O3. The Morgan fingerprint density at radius 2 is 1.80 bits per heavy atom. The molecule has 1 unspecified atom stereocenters. The fourth-order valence-electron chi connectivity index (χ4n) is 3.05. The molecule has 5 heteroatoms. The van der Waals surface area contributed by atoms with Crippen LogP contribution in [0.25, 0.3) is 0 Å². The van der Waals surface area contributed by atoms with Crippen LogP contribution in [-0.2, 0) is 4.79 Å². The molecule has 1 atom stereocenters. The normalized spacial score (nSPS) is 35.1. The highest BCUT2D eigenvalue weighted by atomic mass is 16.4. The molecule has 0 aromatic carbocycles. The second kappa shape index (κ2) is 5.26. The van der Waals surface area contributed by atoms with Crippen LogP contribution in [0.1, 0.15) is 52.9 Å². The van der Waals surface area contributed by atoms with E-state index < -0.39 is 11.5 Å². The number of aliphatic carboxylic acids is 1. The van der Waals surface area contributed by atoms with Gasteiger partial charge in [-0.1, -0.05) is 20.8 Å². The van der Waals surface area contributed by atoms with E-state index in [1.807, 2.05) is 0 Å². The molecule has 2 aliphatic carbocycles. The number of amides is 2. The highest BCUT2D eigenvalue weighted by Gasteiger charge is 2.46. The molecule has 114 valence electrons. The van der Waals surface area contributed by atoms with Gasteiger partial charge in [0, 0.05) is 6.54 Å².